The van der Waals surface area contributed by atoms with Crippen LogP contribution in [0.5, 0.6) is 0 Å². The zero-order chi connectivity index (χ0) is 14.7. The average molecular weight is 286 g/mol. The minimum atomic E-state index is -0.171. The Morgan fingerprint density at radius 3 is 2.33 bits per heavy atom. The topological polar surface area (TPSA) is 40.6 Å². The highest BCUT2D eigenvalue weighted by Crippen LogP contribution is 2.26. The van der Waals surface area contributed by atoms with Crippen LogP contribution in [0.4, 0.5) is 5.69 Å². The SMILES string of the molecule is O=C([C@@H]1CC(=O)N(c2ccccc2)C1)N1CCCCCC1. The standard InChI is InChI=1S/C17H22N2O2/c20-16-12-14(13-19(16)15-8-4-3-5-9-15)17(21)18-10-6-1-2-7-11-18/h3-5,8-9,14H,1-2,6-7,10-13H2/t14-/m1/s1. The van der Waals surface area contributed by atoms with E-state index in [1.807, 2.05) is 35.2 Å². The summed E-state index contributed by atoms with van der Waals surface area (Å²) in [5, 5.41) is 0. The minimum absolute atomic E-state index is 0.0642. The van der Waals surface area contributed by atoms with Gasteiger partial charge in [0.2, 0.25) is 11.8 Å². The van der Waals surface area contributed by atoms with Crippen molar-refractivity contribution < 1.29 is 9.59 Å². The Bertz CT molecular complexity index is 507. The fourth-order valence-electron chi connectivity index (χ4n) is 3.28. The van der Waals surface area contributed by atoms with E-state index >= 15 is 0 Å². The monoisotopic (exact) mass is 286 g/mol. The van der Waals surface area contributed by atoms with Gasteiger partial charge < -0.3 is 9.80 Å². The van der Waals surface area contributed by atoms with Crippen molar-refractivity contribution in [3.8, 4) is 0 Å². The molecule has 0 bridgehead atoms. The largest absolute Gasteiger partial charge is 0.342 e. The van der Waals surface area contributed by atoms with Crippen LogP contribution in [0, 0.1) is 5.92 Å². The first-order valence-electron chi connectivity index (χ1n) is 7.90. The maximum Gasteiger partial charge on any atom is 0.228 e. The number of hydrogen-bond acceptors (Lipinski definition) is 2. The second kappa shape index (κ2) is 6.29. The number of likely N-dealkylation sites (tertiary alicyclic amines) is 1. The van der Waals surface area contributed by atoms with E-state index in [-0.39, 0.29) is 17.7 Å². The van der Waals surface area contributed by atoms with E-state index in [1.54, 1.807) is 4.90 Å². The molecule has 21 heavy (non-hydrogen) atoms. The summed E-state index contributed by atoms with van der Waals surface area (Å²) in [6, 6.07) is 9.64. The molecule has 1 atom stereocenters. The lowest BCUT2D eigenvalue weighted by Crippen LogP contribution is -2.38. The van der Waals surface area contributed by atoms with Crippen molar-refractivity contribution in [2.24, 2.45) is 5.92 Å². The number of amides is 2. The molecule has 4 nitrogen and oxygen atoms in total. The molecule has 0 N–H and O–H groups in total. The van der Waals surface area contributed by atoms with Gasteiger partial charge in [0.05, 0.1) is 5.92 Å². The Balaban J connectivity index is 1.67. The molecule has 2 fully saturated rings. The minimum Gasteiger partial charge on any atom is -0.342 e. The number of carbonyl (C=O) groups is 2. The summed E-state index contributed by atoms with van der Waals surface area (Å²) < 4.78 is 0. The first-order valence-corrected chi connectivity index (χ1v) is 7.90. The molecule has 0 saturated carbocycles. The van der Waals surface area contributed by atoms with E-state index in [0.29, 0.717) is 13.0 Å². The van der Waals surface area contributed by atoms with Crippen LogP contribution in [-0.4, -0.2) is 36.3 Å². The summed E-state index contributed by atoms with van der Waals surface area (Å²) in [6.07, 6.45) is 4.96. The zero-order valence-electron chi connectivity index (χ0n) is 12.3. The molecule has 2 aliphatic heterocycles. The third kappa shape index (κ3) is 3.09. The van der Waals surface area contributed by atoms with Crippen LogP contribution in [0.25, 0.3) is 0 Å². The molecule has 4 heteroatoms. The van der Waals surface area contributed by atoms with Crippen LogP contribution in [0.2, 0.25) is 0 Å². The number of anilines is 1. The fourth-order valence-corrected chi connectivity index (χ4v) is 3.28. The number of benzene rings is 1. The first-order chi connectivity index (χ1) is 10.3. The molecule has 2 heterocycles. The van der Waals surface area contributed by atoms with Crippen molar-refractivity contribution in [3.63, 3.8) is 0 Å². The maximum absolute atomic E-state index is 12.6. The van der Waals surface area contributed by atoms with Gasteiger partial charge in [0.25, 0.3) is 0 Å². The van der Waals surface area contributed by atoms with E-state index in [0.717, 1.165) is 31.6 Å². The summed E-state index contributed by atoms with van der Waals surface area (Å²) >= 11 is 0. The summed E-state index contributed by atoms with van der Waals surface area (Å²) in [5.41, 5.74) is 0.897. The first kappa shape index (κ1) is 14.1. The summed E-state index contributed by atoms with van der Waals surface area (Å²) in [6.45, 7) is 2.24. The van der Waals surface area contributed by atoms with Crippen molar-refractivity contribution in [1.29, 1.82) is 0 Å². The second-order valence-corrected chi connectivity index (χ2v) is 5.98. The molecule has 0 spiro atoms. The Morgan fingerprint density at radius 2 is 1.67 bits per heavy atom. The van der Waals surface area contributed by atoms with Gasteiger partial charge in [-0.05, 0) is 25.0 Å². The number of nitrogens with zero attached hydrogens (tertiary/aromatic N) is 2. The summed E-state index contributed by atoms with van der Waals surface area (Å²) in [4.78, 5) is 28.5. The normalized spacial score (nSPS) is 23.2. The molecule has 0 radical (unpaired) electrons. The van der Waals surface area contributed by atoms with Crippen molar-refractivity contribution in [1.82, 2.24) is 4.90 Å². The van der Waals surface area contributed by atoms with E-state index in [2.05, 4.69) is 0 Å². The number of hydrogen-bond donors (Lipinski definition) is 0. The highest BCUT2D eigenvalue weighted by atomic mass is 16.2. The van der Waals surface area contributed by atoms with Crippen molar-refractivity contribution in [3.05, 3.63) is 30.3 Å². The highest BCUT2D eigenvalue weighted by molar-refractivity contribution is 6.00. The van der Waals surface area contributed by atoms with Crippen molar-refractivity contribution >= 4 is 17.5 Å². The Kier molecular flexibility index (Phi) is 4.23. The summed E-state index contributed by atoms with van der Waals surface area (Å²) in [5.74, 6) is 0.0638. The van der Waals surface area contributed by atoms with E-state index in [9.17, 15) is 9.59 Å². The van der Waals surface area contributed by atoms with Crippen LogP contribution in [0.15, 0.2) is 30.3 Å². The molecule has 2 saturated heterocycles. The third-order valence-electron chi connectivity index (χ3n) is 4.46. The fraction of sp³-hybridized carbons (Fsp3) is 0.529. The average Bonchev–Trinajstić information content (AvgIpc) is 2.74. The lowest BCUT2D eigenvalue weighted by molar-refractivity contribution is -0.135. The maximum atomic E-state index is 12.6. The molecule has 0 unspecified atom stereocenters. The molecule has 3 rings (SSSR count). The molecule has 0 aliphatic carbocycles. The Labute approximate surface area is 125 Å². The van der Waals surface area contributed by atoms with Gasteiger partial charge in [-0.15, -0.1) is 0 Å². The van der Waals surface area contributed by atoms with Gasteiger partial charge in [-0.2, -0.15) is 0 Å². The summed E-state index contributed by atoms with van der Waals surface area (Å²) in [7, 11) is 0. The third-order valence-corrected chi connectivity index (χ3v) is 4.46. The quantitative estimate of drug-likeness (QED) is 0.838. The van der Waals surface area contributed by atoms with Crippen LogP contribution in [0.3, 0.4) is 0 Å². The Morgan fingerprint density at radius 1 is 1.00 bits per heavy atom. The van der Waals surface area contributed by atoms with Gasteiger partial charge in [-0.3, -0.25) is 9.59 Å². The molecular weight excluding hydrogens is 264 g/mol. The zero-order valence-corrected chi connectivity index (χ0v) is 12.3. The molecule has 0 aromatic heterocycles. The van der Waals surface area contributed by atoms with Gasteiger partial charge in [0.15, 0.2) is 0 Å². The molecular formula is C17H22N2O2. The van der Waals surface area contributed by atoms with Crippen molar-refractivity contribution in [2.75, 3.05) is 24.5 Å². The highest BCUT2D eigenvalue weighted by Gasteiger charge is 2.37. The molecule has 112 valence electrons. The Hall–Kier alpha value is -1.84. The van der Waals surface area contributed by atoms with Gasteiger partial charge >= 0.3 is 0 Å². The molecule has 2 aliphatic rings. The second-order valence-electron chi connectivity index (χ2n) is 5.98. The molecule has 2 amide bonds. The van der Waals surface area contributed by atoms with E-state index in [1.165, 1.54) is 12.8 Å². The van der Waals surface area contributed by atoms with Gasteiger partial charge in [0, 0.05) is 31.7 Å². The predicted molar refractivity (Wildman–Crippen MR) is 82.0 cm³/mol. The number of para-hydroxylation sites is 1. The van der Waals surface area contributed by atoms with Crippen LogP contribution < -0.4 is 4.90 Å². The predicted octanol–water partition coefficient (Wildman–Crippen LogP) is 2.44. The molecule has 1 aromatic carbocycles. The van der Waals surface area contributed by atoms with Gasteiger partial charge in [-0.1, -0.05) is 31.0 Å². The van der Waals surface area contributed by atoms with Crippen LogP contribution in [-0.2, 0) is 9.59 Å². The van der Waals surface area contributed by atoms with Crippen molar-refractivity contribution in [2.45, 2.75) is 32.1 Å². The number of carbonyl (C=O) groups excluding carboxylic acids is 2. The van der Waals surface area contributed by atoms with E-state index < -0.39 is 0 Å². The van der Waals surface area contributed by atoms with E-state index in [4.69, 9.17) is 0 Å². The van der Waals surface area contributed by atoms with Gasteiger partial charge in [-0.25, -0.2) is 0 Å². The van der Waals surface area contributed by atoms with Gasteiger partial charge in [0.1, 0.15) is 0 Å². The number of rotatable bonds is 2. The lowest BCUT2D eigenvalue weighted by Gasteiger charge is -2.24. The van der Waals surface area contributed by atoms with Crippen LogP contribution in [0.1, 0.15) is 32.1 Å². The molecule has 1 aromatic rings. The lowest BCUT2D eigenvalue weighted by atomic mass is 10.1. The smallest absolute Gasteiger partial charge is 0.228 e. The van der Waals surface area contributed by atoms with Crippen LogP contribution >= 0.6 is 0 Å².